The van der Waals surface area contributed by atoms with Gasteiger partial charge < -0.3 is 5.32 Å². The Morgan fingerprint density at radius 1 is 1.21 bits per heavy atom. The van der Waals surface area contributed by atoms with Crippen LogP contribution in [-0.4, -0.2) is 49.9 Å². The second kappa shape index (κ2) is 9.65. The molecular formula is C21H24N4O3S. The lowest BCUT2D eigenvalue weighted by atomic mass is 10.0. The molecule has 1 aliphatic rings. The highest BCUT2D eigenvalue weighted by atomic mass is 32.2. The summed E-state index contributed by atoms with van der Waals surface area (Å²) in [6.45, 7) is 2.43. The minimum absolute atomic E-state index is 0.0191. The van der Waals surface area contributed by atoms with Gasteiger partial charge >= 0.3 is 0 Å². The lowest BCUT2D eigenvalue weighted by molar-refractivity contribution is 0.0908. The van der Waals surface area contributed by atoms with Crippen LogP contribution in [0.25, 0.3) is 0 Å². The first kappa shape index (κ1) is 21.0. The lowest BCUT2D eigenvalue weighted by Crippen LogP contribution is -2.44. The fraction of sp³-hybridized carbons (Fsp3) is 0.333. The van der Waals surface area contributed by atoms with Gasteiger partial charge in [-0.15, -0.1) is 6.42 Å². The van der Waals surface area contributed by atoms with Crippen LogP contribution in [0.1, 0.15) is 28.9 Å². The molecule has 0 unspecified atom stereocenters. The number of carbonyl (C=O) groups is 1. The topological polar surface area (TPSA) is 91.4 Å². The van der Waals surface area contributed by atoms with Gasteiger partial charge in [0, 0.05) is 37.4 Å². The number of benzene rings is 1. The third-order valence-electron chi connectivity index (χ3n) is 4.81. The highest BCUT2D eigenvalue weighted by Gasteiger charge is 2.22. The maximum atomic E-state index is 12.6. The third kappa shape index (κ3) is 5.87. The normalized spacial score (nSPS) is 15.6. The Labute approximate surface area is 171 Å². The molecule has 8 heteroatoms. The molecule has 0 bridgehead atoms. The Morgan fingerprint density at radius 2 is 2.00 bits per heavy atom. The van der Waals surface area contributed by atoms with Gasteiger partial charge in [0.05, 0.1) is 17.1 Å². The Bertz CT molecular complexity index is 978. The number of nitrogens with zero attached hydrogens (tertiary/aromatic N) is 2. The van der Waals surface area contributed by atoms with Crippen molar-refractivity contribution >= 4 is 15.9 Å². The molecule has 1 saturated heterocycles. The SMILES string of the molecule is C#CCNS(=O)(=O)c1cccc(C(=O)NC2CCN(Cc3ccccn3)CC2)c1. The van der Waals surface area contributed by atoms with Crippen molar-refractivity contribution in [1.82, 2.24) is 19.9 Å². The van der Waals surface area contributed by atoms with Crippen molar-refractivity contribution in [3.63, 3.8) is 0 Å². The van der Waals surface area contributed by atoms with Crippen LogP contribution in [0.5, 0.6) is 0 Å². The number of aromatic nitrogens is 1. The van der Waals surface area contributed by atoms with Gasteiger partial charge in [-0.05, 0) is 43.2 Å². The van der Waals surface area contributed by atoms with Gasteiger partial charge in [-0.2, -0.15) is 4.72 Å². The van der Waals surface area contributed by atoms with Crippen LogP contribution >= 0.6 is 0 Å². The van der Waals surface area contributed by atoms with Gasteiger partial charge in [-0.1, -0.05) is 18.1 Å². The number of rotatable bonds is 7. The quantitative estimate of drug-likeness (QED) is 0.671. The second-order valence-electron chi connectivity index (χ2n) is 6.90. The summed E-state index contributed by atoms with van der Waals surface area (Å²) in [7, 11) is -3.73. The number of likely N-dealkylation sites (tertiary alicyclic amines) is 1. The molecule has 0 spiro atoms. The van der Waals surface area contributed by atoms with E-state index in [1.807, 2.05) is 18.2 Å². The van der Waals surface area contributed by atoms with E-state index in [1.54, 1.807) is 18.3 Å². The number of amides is 1. The van der Waals surface area contributed by atoms with Gasteiger partial charge in [0.25, 0.3) is 5.91 Å². The minimum atomic E-state index is -3.73. The fourth-order valence-electron chi connectivity index (χ4n) is 3.25. The summed E-state index contributed by atoms with van der Waals surface area (Å²) in [6, 6.07) is 11.9. The Hall–Kier alpha value is -2.73. The molecule has 1 fully saturated rings. The molecular weight excluding hydrogens is 388 g/mol. The Kier molecular flexibility index (Phi) is 6.99. The molecule has 1 amide bonds. The number of terminal acetylenes is 1. The average Bonchev–Trinajstić information content (AvgIpc) is 2.74. The molecule has 0 saturated carbocycles. The molecule has 7 nitrogen and oxygen atoms in total. The van der Waals surface area contributed by atoms with E-state index in [-0.39, 0.29) is 23.4 Å². The van der Waals surface area contributed by atoms with Crippen LogP contribution < -0.4 is 10.0 Å². The summed E-state index contributed by atoms with van der Waals surface area (Å²) in [5, 5.41) is 3.01. The van der Waals surface area contributed by atoms with Crippen LogP contribution in [0.2, 0.25) is 0 Å². The van der Waals surface area contributed by atoms with Crippen LogP contribution in [0, 0.1) is 12.3 Å². The van der Waals surface area contributed by atoms with E-state index in [9.17, 15) is 13.2 Å². The molecule has 1 aliphatic heterocycles. The molecule has 1 aromatic carbocycles. The maximum Gasteiger partial charge on any atom is 0.251 e. The fourth-order valence-corrected chi connectivity index (χ4v) is 4.23. The zero-order valence-corrected chi connectivity index (χ0v) is 16.9. The number of nitrogens with one attached hydrogen (secondary N) is 2. The molecule has 29 heavy (non-hydrogen) atoms. The highest BCUT2D eigenvalue weighted by molar-refractivity contribution is 7.89. The van der Waals surface area contributed by atoms with Crippen LogP contribution in [-0.2, 0) is 16.6 Å². The smallest absolute Gasteiger partial charge is 0.251 e. The standard InChI is InChI=1S/C21H24N4O3S/c1-2-11-23-29(27,28)20-8-5-6-17(15-20)21(26)24-18-9-13-25(14-10-18)16-19-7-3-4-12-22-19/h1,3-8,12,15,18,23H,9-11,13-14,16H2,(H,24,26). The first-order valence-corrected chi connectivity index (χ1v) is 10.9. The summed E-state index contributed by atoms with van der Waals surface area (Å²) in [6.07, 6.45) is 8.56. The van der Waals surface area contributed by atoms with E-state index in [1.165, 1.54) is 12.1 Å². The summed E-state index contributed by atoms with van der Waals surface area (Å²) >= 11 is 0. The Balaban J connectivity index is 1.55. The zero-order valence-electron chi connectivity index (χ0n) is 16.0. The number of piperidine rings is 1. The van der Waals surface area contributed by atoms with Gasteiger partial charge in [0.2, 0.25) is 10.0 Å². The van der Waals surface area contributed by atoms with Crippen molar-refractivity contribution in [3.8, 4) is 12.3 Å². The molecule has 152 valence electrons. The van der Waals surface area contributed by atoms with Crippen molar-refractivity contribution in [3.05, 3.63) is 59.9 Å². The van der Waals surface area contributed by atoms with Crippen molar-refractivity contribution < 1.29 is 13.2 Å². The van der Waals surface area contributed by atoms with E-state index < -0.39 is 10.0 Å². The van der Waals surface area contributed by atoms with Crippen molar-refractivity contribution in [2.24, 2.45) is 0 Å². The predicted molar refractivity (Wildman–Crippen MR) is 110 cm³/mol. The van der Waals surface area contributed by atoms with E-state index >= 15 is 0 Å². The average molecular weight is 413 g/mol. The first-order valence-electron chi connectivity index (χ1n) is 9.44. The summed E-state index contributed by atoms with van der Waals surface area (Å²) in [4.78, 5) is 19.3. The van der Waals surface area contributed by atoms with E-state index in [0.717, 1.165) is 38.2 Å². The molecule has 3 rings (SSSR count). The van der Waals surface area contributed by atoms with Crippen molar-refractivity contribution in [2.75, 3.05) is 19.6 Å². The maximum absolute atomic E-state index is 12.6. The van der Waals surface area contributed by atoms with Gasteiger partial charge in [-0.3, -0.25) is 14.7 Å². The van der Waals surface area contributed by atoms with E-state index in [0.29, 0.717) is 5.56 Å². The largest absolute Gasteiger partial charge is 0.349 e. The van der Waals surface area contributed by atoms with Gasteiger partial charge in [0.15, 0.2) is 0 Å². The monoisotopic (exact) mass is 412 g/mol. The minimum Gasteiger partial charge on any atom is -0.349 e. The summed E-state index contributed by atoms with van der Waals surface area (Å²) in [5.41, 5.74) is 1.34. The first-order chi connectivity index (χ1) is 14.0. The number of carbonyl (C=O) groups excluding carboxylic acids is 1. The molecule has 1 aromatic heterocycles. The van der Waals surface area contributed by atoms with Crippen LogP contribution in [0.3, 0.4) is 0 Å². The summed E-state index contributed by atoms with van der Waals surface area (Å²) in [5.74, 6) is 1.95. The predicted octanol–water partition coefficient (Wildman–Crippen LogP) is 1.39. The van der Waals surface area contributed by atoms with E-state index in [2.05, 4.69) is 25.8 Å². The van der Waals surface area contributed by atoms with E-state index in [4.69, 9.17) is 6.42 Å². The molecule has 0 aliphatic carbocycles. The zero-order chi connectivity index (χ0) is 20.7. The van der Waals surface area contributed by atoms with Crippen LogP contribution in [0.4, 0.5) is 0 Å². The lowest BCUT2D eigenvalue weighted by Gasteiger charge is -2.32. The molecule has 2 aromatic rings. The number of sulfonamides is 1. The Morgan fingerprint density at radius 3 is 2.69 bits per heavy atom. The van der Waals surface area contributed by atoms with Crippen molar-refractivity contribution in [2.45, 2.75) is 30.3 Å². The van der Waals surface area contributed by atoms with Crippen LogP contribution in [0.15, 0.2) is 53.6 Å². The molecule has 2 N–H and O–H groups in total. The van der Waals surface area contributed by atoms with Crippen molar-refractivity contribution in [1.29, 1.82) is 0 Å². The third-order valence-corrected chi connectivity index (χ3v) is 6.20. The van der Waals surface area contributed by atoms with Gasteiger partial charge in [-0.25, -0.2) is 8.42 Å². The number of hydrogen-bond donors (Lipinski definition) is 2. The number of hydrogen-bond acceptors (Lipinski definition) is 5. The molecule has 0 atom stereocenters. The summed E-state index contributed by atoms with van der Waals surface area (Å²) < 4.78 is 26.7. The highest BCUT2D eigenvalue weighted by Crippen LogP contribution is 2.15. The molecule has 2 heterocycles. The number of pyridine rings is 1. The molecule has 0 radical (unpaired) electrons. The second-order valence-corrected chi connectivity index (χ2v) is 8.67. The van der Waals surface area contributed by atoms with Gasteiger partial charge in [0.1, 0.15) is 0 Å².